The molecule has 0 fully saturated rings. The second-order valence-electron chi connectivity index (χ2n) is 4.70. The summed E-state index contributed by atoms with van der Waals surface area (Å²) in [5.74, 6) is -0.0311. The van der Waals surface area contributed by atoms with Crippen LogP contribution in [0.15, 0.2) is 29.2 Å². The van der Waals surface area contributed by atoms with Gasteiger partial charge in [0.1, 0.15) is 0 Å². The van der Waals surface area contributed by atoms with Crippen molar-refractivity contribution >= 4 is 9.84 Å². The molecule has 0 saturated carbocycles. The van der Waals surface area contributed by atoms with Crippen molar-refractivity contribution in [3.63, 3.8) is 0 Å². The van der Waals surface area contributed by atoms with E-state index in [-0.39, 0.29) is 18.5 Å². The van der Waals surface area contributed by atoms with E-state index >= 15 is 0 Å². The maximum absolute atomic E-state index is 12.0. The van der Waals surface area contributed by atoms with Gasteiger partial charge in [-0.3, -0.25) is 0 Å². The first-order valence-electron chi connectivity index (χ1n) is 6.67. The van der Waals surface area contributed by atoms with Crippen molar-refractivity contribution in [1.29, 1.82) is 0 Å². The Balaban J connectivity index is 2.37. The first-order valence-corrected chi connectivity index (χ1v) is 8.32. The van der Waals surface area contributed by atoms with Gasteiger partial charge < -0.3 is 15.2 Å². The molecule has 0 amide bonds. The van der Waals surface area contributed by atoms with Crippen molar-refractivity contribution < 1.29 is 17.9 Å². The predicted molar refractivity (Wildman–Crippen MR) is 78.3 cm³/mol. The molecule has 1 aromatic carbocycles. The van der Waals surface area contributed by atoms with Gasteiger partial charge in [-0.15, -0.1) is 0 Å². The average Bonchev–Trinajstić information content (AvgIpc) is 2.42. The van der Waals surface area contributed by atoms with Crippen molar-refractivity contribution in [2.45, 2.75) is 31.4 Å². The minimum Gasteiger partial charge on any atom is -0.378 e. The number of ether oxygens (including phenoxy) is 2. The molecular formula is C14H23NO4S. The van der Waals surface area contributed by atoms with E-state index in [0.717, 1.165) is 5.56 Å². The molecule has 0 aliphatic rings. The molecule has 6 heteroatoms. The first-order chi connectivity index (χ1) is 9.45. The van der Waals surface area contributed by atoms with E-state index in [4.69, 9.17) is 15.2 Å². The monoisotopic (exact) mass is 301 g/mol. The van der Waals surface area contributed by atoms with Crippen LogP contribution >= 0.6 is 0 Å². The summed E-state index contributed by atoms with van der Waals surface area (Å²) in [6.07, 6.45) is 0.156. The molecule has 0 unspecified atom stereocenters. The van der Waals surface area contributed by atoms with Gasteiger partial charge in [0, 0.05) is 6.54 Å². The molecule has 0 spiro atoms. The summed E-state index contributed by atoms with van der Waals surface area (Å²) < 4.78 is 34.6. The normalized spacial score (nSPS) is 12.0. The fourth-order valence-electron chi connectivity index (χ4n) is 1.56. The second kappa shape index (κ2) is 8.36. The van der Waals surface area contributed by atoms with E-state index in [9.17, 15) is 8.42 Å². The molecule has 0 saturated heterocycles. The van der Waals surface area contributed by atoms with Crippen LogP contribution in [0.4, 0.5) is 0 Å². The highest BCUT2D eigenvalue weighted by Crippen LogP contribution is 2.12. The van der Waals surface area contributed by atoms with Crippen LogP contribution in [0.3, 0.4) is 0 Å². The van der Waals surface area contributed by atoms with E-state index in [2.05, 4.69) is 0 Å². The molecule has 0 radical (unpaired) electrons. The minimum absolute atomic E-state index is 0.0311. The molecule has 0 aromatic heterocycles. The minimum atomic E-state index is -3.30. The highest BCUT2D eigenvalue weighted by atomic mass is 32.2. The Morgan fingerprint density at radius 2 is 1.75 bits per heavy atom. The lowest BCUT2D eigenvalue weighted by Gasteiger charge is -2.09. The van der Waals surface area contributed by atoms with Crippen LogP contribution in [0.2, 0.25) is 0 Å². The van der Waals surface area contributed by atoms with E-state index < -0.39 is 9.84 Å². The number of rotatable bonds is 9. The lowest BCUT2D eigenvalue weighted by Crippen LogP contribution is -2.15. The van der Waals surface area contributed by atoms with Gasteiger partial charge in [0.15, 0.2) is 9.84 Å². The second-order valence-corrected chi connectivity index (χ2v) is 6.81. The maximum atomic E-state index is 12.0. The SMILES string of the molecule is CC(C)OCCOCCS(=O)(=O)c1ccc(CN)cc1. The zero-order valence-electron chi connectivity index (χ0n) is 12.0. The molecule has 114 valence electrons. The molecule has 1 rings (SSSR count). The van der Waals surface area contributed by atoms with Crippen LogP contribution in [0.25, 0.3) is 0 Å². The molecule has 2 N–H and O–H groups in total. The fraction of sp³-hybridized carbons (Fsp3) is 0.571. The standard InChI is InChI=1S/C14H23NO4S/c1-12(2)19-8-7-18-9-10-20(16,17)14-5-3-13(11-15)4-6-14/h3-6,12H,7-11,15H2,1-2H3. The summed E-state index contributed by atoms with van der Waals surface area (Å²) in [5, 5.41) is 0. The Kier molecular flexibility index (Phi) is 7.15. The third-order valence-electron chi connectivity index (χ3n) is 2.69. The number of hydrogen-bond acceptors (Lipinski definition) is 5. The molecular weight excluding hydrogens is 278 g/mol. The van der Waals surface area contributed by atoms with Crippen molar-refractivity contribution in [1.82, 2.24) is 0 Å². The van der Waals surface area contributed by atoms with Gasteiger partial charge in [-0.25, -0.2) is 8.42 Å². The van der Waals surface area contributed by atoms with Crippen molar-refractivity contribution in [3.05, 3.63) is 29.8 Å². The van der Waals surface area contributed by atoms with Crippen LogP contribution in [0, 0.1) is 0 Å². The van der Waals surface area contributed by atoms with Crippen LogP contribution in [0.5, 0.6) is 0 Å². The Morgan fingerprint density at radius 1 is 1.10 bits per heavy atom. The van der Waals surface area contributed by atoms with Gasteiger partial charge in [0.2, 0.25) is 0 Å². The summed E-state index contributed by atoms with van der Waals surface area (Å²) in [4.78, 5) is 0.303. The number of hydrogen-bond donors (Lipinski definition) is 1. The number of benzene rings is 1. The fourth-order valence-corrected chi connectivity index (χ4v) is 2.69. The predicted octanol–water partition coefficient (Wildman–Crippen LogP) is 1.36. The highest BCUT2D eigenvalue weighted by molar-refractivity contribution is 7.91. The van der Waals surface area contributed by atoms with Crippen molar-refractivity contribution in [2.75, 3.05) is 25.6 Å². The van der Waals surface area contributed by atoms with E-state index in [1.54, 1.807) is 24.3 Å². The van der Waals surface area contributed by atoms with E-state index in [1.807, 2.05) is 13.8 Å². The molecule has 0 bridgehead atoms. The van der Waals surface area contributed by atoms with Gasteiger partial charge >= 0.3 is 0 Å². The van der Waals surface area contributed by atoms with Crippen molar-refractivity contribution in [2.24, 2.45) is 5.73 Å². The summed E-state index contributed by atoms with van der Waals surface area (Å²) in [6.45, 7) is 5.33. The summed E-state index contributed by atoms with van der Waals surface area (Å²) in [6, 6.07) is 6.62. The van der Waals surface area contributed by atoms with E-state index in [0.29, 0.717) is 24.7 Å². The molecule has 1 aromatic rings. The molecule has 20 heavy (non-hydrogen) atoms. The first kappa shape index (κ1) is 17.1. The van der Waals surface area contributed by atoms with Gasteiger partial charge in [-0.05, 0) is 31.5 Å². The Labute approximate surface area is 121 Å². The topological polar surface area (TPSA) is 78.6 Å². The Morgan fingerprint density at radius 3 is 2.30 bits per heavy atom. The molecule has 0 atom stereocenters. The summed E-state index contributed by atoms with van der Waals surface area (Å²) in [5.41, 5.74) is 6.38. The Bertz CT molecular complexity index is 482. The third kappa shape index (κ3) is 6.00. The lowest BCUT2D eigenvalue weighted by atomic mass is 10.2. The largest absolute Gasteiger partial charge is 0.378 e. The van der Waals surface area contributed by atoms with Crippen LogP contribution in [-0.4, -0.2) is 40.1 Å². The quantitative estimate of drug-likeness (QED) is 0.697. The number of sulfone groups is 1. The summed E-state index contributed by atoms with van der Waals surface area (Å²) >= 11 is 0. The smallest absolute Gasteiger partial charge is 0.180 e. The average molecular weight is 301 g/mol. The third-order valence-corrected chi connectivity index (χ3v) is 4.39. The van der Waals surface area contributed by atoms with Crippen LogP contribution in [-0.2, 0) is 25.9 Å². The zero-order valence-corrected chi connectivity index (χ0v) is 12.9. The van der Waals surface area contributed by atoms with Gasteiger partial charge in [0.25, 0.3) is 0 Å². The van der Waals surface area contributed by atoms with Crippen LogP contribution in [0.1, 0.15) is 19.4 Å². The molecule has 0 aliphatic heterocycles. The number of nitrogens with two attached hydrogens (primary N) is 1. The van der Waals surface area contributed by atoms with Crippen LogP contribution < -0.4 is 5.73 Å². The van der Waals surface area contributed by atoms with Crippen molar-refractivity contribution in [3.8, 4) is 0 Å². The molecule has 5 nitrogen and oxygen atoms in total. The zero-order chi connectivity index (χ0) is 15.0. The molecule has 0 heterocycles. The van der Waals surface area contributed by atoms with Gasteiger partial charge in [0.05, 0.1) is 36.6 Å². The lowest BCUT2D eigenvalue weighted by molar-refractivity contribution is 0.0235. The summed E-state index contributed by atoms with van der Waals surface area (Å²) in [7, 11) is -3.30. The maximum Gasteiger partial charge on any atom is 0.180 e. The van der Waals surface area contributed by atoms with E-state index in [1.165, 1.54) is 0 Å². The highest BCUT2D eigenvalue weighted by Gasteiger charge is 2.13. The molecule has 0 aliphatic carbocycles. The van der Waals surface area contributed by atoms with Gasteiger partial charge in [-0.2, -0.15) is 0 Å². The van der Waals surface area contributed by atoms with Gasteiger partial charge in [-0.1, -0.05) is 12.1 Å². The Hall–Kier alpha value is -0.950.